The number of rotatable bonds is 4. The van der Waals surface area contributed by atoms with Crippen LogP contribution in [0.5, 0.6) is 5.75 Å². The van der Waals surface area contributed by atoms with Crippen molar-refractivity contribution in [3.05, 3.63) is 29.8 Å². The molecular weight excluding hydrogens is 330 g/mol. The molecule has 0 bridgehead atoms. The number of carbonyl (C=O) groups excluding carboxylic acids is 1. The van der Waals surface area contributed by atoms with Crippen LogP contribution in [0.2, 0.25) is 0 Å². The first kappa shape index (κ1) is 16.3. The summed E-state index contributed by atoms with van der Waals surface area (Å²) in [7, 11) is 0. The highest BCUT2D eigenvalue weighted by Crippen LogP contribution is 2.24. The second kappa shape index (κ2) is 7.83. The van der Waals surface area contributed by atoms with Gasteiger partial charge in [-0.3, -0.25) is 4.79 Å². The van der Waals surface area contributed by atoms with Crippen LogP contribution in [0.4, 0.5) is 0 Å². The van der Waals surface area contributed by atoms with E-state index in [2.05, 4.69) is 21.2 Å². The quantitative estimate of drug-likeness (QED) is 0.647. The molecule has 2 unspecified atom stereocenters. The molecule has 1 amide bonds. The molecule has 2 rings (SSSR count). The molecule has 1 aliphatic rings. The molecule has 116 valence electrons. The third kappa shape index (κ3) is 5.03. The maximum atomic E-state index is 12.4. The van der Waals surface area contributed by atoms with Crippen molar-refractivity contribution in [2.24, 2.45) is 0 Å². The number of halogens is 1. The van der Waals surface area contributed by atoms with Crippen molar-refractivity contribution in [3.8, 4) is 5.75 Å². The first-order valence-electron chi connectivity index (χ1n) is 7.78. The maximum Gasteiger partial charge on any atom is 0.251 e. The van der Waals surface area contributed by atoms with Gasteiger partial charge in [-0.15, -0.1) is 0 Å². The van der Waals surface area contributed by atoms with Gasteiger partial charge in [0, 0.05) is 16.4 Å². The Hall–Kier alpha value is -1.03. The van der Waals surface area contributed by atoms with Crippen LogP contribution in [0, 0.1) is 0 Å². The maximum absolute atomic E-state index is 12.4. The standard InChI is InChI=1S/C17H24BrNO2/c1-12(2)21-14-8-6-7-13(11-14)17(20)19-16-10-5-3-4-9-15(16)18/h6-8,11-12,15-16H,3-5,9-10H2,1-2H3,(H,19,20). The van der Waals surface area contributed by atoms with E-state index in [-0.39, 0.29) is 18.1 Å². The van der Waals surface area contributed by atoms with E-state index in [1.165, 1.54) is 19.3 Å². The molecular formula is C17H24BrNO2. The molecule has 2 atom stereocenters. The van der Waals surface area contributed by atoms with Gasteiger partial charge < -0.3 is 10.1 Å². The predicted molar refractivity (Wildman–Crippen MR) is 89.3 cm³/mol. The van der Waals surface area contributed by atoms with Crippen LogP contribution in [-0.2, 0) is 0 Å². The minimum absolute atomic E-state index is 0.0134. The highest BCUT2D eigenvalue weighted by atomic mass is 79.9. The summed E-state index contributed by atoms with van der Waals surface area (Å²) in [6, 6.07) is 7.62. The summed E-state index contributed by atoms with van der Waals surface area (Å²) in [6.45, 7) is 3.96. The summed E-state index contributed by atoms with van der Waals surface area (Å²) in [5.41, 5.74) is 0.664. The van der Waals surface area contributed by atoms with Gasteiger partial charge >= 0.3 is 0 Å². The minimum Gasteiger partial charge on any atom is -0.491 e. The lowest BCUT2D eigenvalue weighted by atomic mass is 10.1. The van der Waals surface area contributed by atoms with Crippen molar-refractivity contribution in [3.63, 3.8) is 0 Å². The number of nitrogens with one attached hydrogen (secondary N) is 1. The Kier molecular flexibility index (Phi) is 6.09. The second-order valence-corrected chi connectivity index (χ2v) is 7.10. The average Bonchev–Trinajstić information content (AvgIpc) is 2.64. The summed E-state index contributed by atoms with van der Waals surface area (Å²) in [5.74, 6) is 0.731. The van der Waals surface area contributed by atoms with Gasteiger partial charge in [0.1, 0.15) is 5.75 Å². The van der Waals surface area contributed by atoms with Gasteiger partial charge in [0.2, 0.25) is 0 Å². The van der Waals surface area contributed by atoms with E-state index in [9.17, 15) is 4.79 Å². The van der Waals surface area contributed by atoms with Gasteiger partial charge in [-0.25, -0.2) is 0 Å². The molecule has 1 aliphatic carbocycles. The number of hydrogen-bond donors (Lipinski definition) is 1. The van der Waals surface area contributed by atoms with Crippen molar-refractivity contribution in [1.29, 1.82) is 0 Å². The van der Waals surface area contributed by atoms with E-state index in [0.29, 0.717) is 10.4 Å². The molecule has 21 heavy (non-hydrogen) atoms. The zero-order valence-electron chi connectivity index (χ0n) is 12.8. The third-order valence-electron chi connectivity index (χ3n) is 3.72. The van der Waals surface area contributed by atoms with Crippen molar-refractivity contribution < 1.29 is 9.53 Å². The van der Waals surface area contributed by atoms with E-state index >= 15 is 0 Å². The molecule has 1 aromatic rings. The van der Waals surface area contributed by atoms with E-state index < -0.39 is 0 Å². The molecule has 0 aliphatic heterocycles. The number of amides is 1. The van der Waals surface area contributed by atoms with Gasteiger partial charge in [-0.05, 0) is 44.9 Å². The Morgan fingerprint density at radius 2 is 2.05 bits per heavy atom. The molecule has 0 radical (unpaired) electrons. The monoisotopic (exact) mass is 353 g/mol. The van der Waals surface area contributed by atoms with Gasteiger partial charge in [0.05, 0.1) is 6.10 Å². The SMILES string of the molecule is CC(C)Oc1cccc(C(=O)NC2CCCCCC2Br)c1. The Bertz CT molecular complexity index is 476. The van der Waals surface area contributed by atoms with E-state index in [4.69, 9.17) is 4.74 Å². The second-order valence-electron chi connectivity index (χ2n) is 5.93. The highest BCUT2D eigenvalue weighted by molar-refractivity contribution is 9.09. The average molecular weight is 354 g/mol. The van der Waals surface area contributed by atoms with Gasteiger partial charge in [0.25, 0.3) is 5.91 Å². The summed E-state index contributed by atoms with van der Waals surface area (Å²) < 4.78 is 5.65. The van der Waals surface area contributed by atoms with Crippen LogP contribution in [0.1, 0.15) is 56.3 Å². The van der Waals surface area contributed by atoms with Crippen molar-refractivity contribution in [1.82, 2.24) is 5.32 Å². The smallest absolute Gasteiger partial charge is 0.251 e. The van der Waals surface area contributed by atoms with E-state index in [1.54, 1.807) is 0 Å². The van der Waals surface area contributed by atoms with E-state index in [0.717, 1.165) is 18.6 Å². The number of benzene rings is 1. The van der Waals surface area contributed by atoms with Gasteiger partial charge in [-0.2, -0.15) is 0 Å². The summed E-state index contributed by atoms with van der Waals surface area (Å²) >= 11 is 3.71. The lowest BCUT2D eigenvalue weighted by Crippen LogP contribution is -2.40. The van der Waals surface area contributed by atoms with Crippen molar-refractivity contribution >= 4 is 21.8 Å². The molecule has 1 fully saturated rings. The number of carbonyl (C=O) groups is 1. The Balaban J connectivity index is 2.02. The fourth-order valence-corrected chi connectivity index (χ4v) is 3.38. The number of ether oxygens (including phenoxy) is 1. The van der Waals surface area contributed by atoms with Crippen LogP contribution in [0.25, 0.3) is 0 Å². The normalized spacial score (nSPS) is 22.7. The molecule has 0 saturated heterocycles. The fraction of sp³-hybridized carbons (Fsp3) is 0.588. The minimum atomic E-state index is -0.0134. The van der Waals surface area contributed by atoms with E-state index in [1.807, 2.05) is 38.1 Å². The van der Waals surface area contributed by atoms with Crippen molar-refractivity contribution in [2.75, 3.05) is 0 Å². The molecule has 1 saturated carbocycles. The predicted octanol–water partition coefficient (Wildman–Crippen LogP) is 4.30. The Morgan fingerprint density at radius 3 is 2.81 bits per heavy atom. The fourth-order valence-electron chi connectivity index (χ4n) is 2.66. The molecule has 0 heterocycles. The first-order chi connectivity index (χ1) is 10.1. The number of alkyl halides is 1. The van der Waals surface area contributed by atoms with Gasteiger partial charge in [0.15, 0.2) is 0 Å². The first-order valence-corrected chi connectivity index (χ1v) is 8.69. The molecule has 4 heteroatoms. The lowest BCUT2D eigenvalue weighted by Gasteiger charge is -2.21. The molecule has 0 spiro atoms. The third-order valence-corrected chi connectivity index (χ3v) is 4.81. The Labute approximate surface area is 135 Å². The summed E-state index contributed by atoms with van der Waals surface area (Å²) in [4.78, 5) is 12.8. The van der Waals surface area contributed by atoms with Crippen LogP contribution in [0.15, 0.2) is 24.3 Å². The van der Waals surface area contributed by atoms with Crippen molar-refractivity contribution in [2.45, 2.75) is 62.9 Å². The van der Waals surface area contributed by atoms with Gasteiger partial charge in [-0.1, -0.05) is 41.3 Å². The highest BCUT2D eigenvalue weighted by Gasteiger charge is 2.23. The zero-order chi connectivity index (χ0) is 15.2. The molecule has 1 aromatic carbocycles. The lowest BCUT2D eigenvalue weighted by molar-refractivity contribution is 0.0934. The van der Waals surface area contributed by atoms with Crippen LogP contribution in [-0.4, -0.2) is 22.9 Å². The molecule has 1 N–H and O–H groups in total. The molecule has 0 aromatic heterocycles. The summed E-state index contributed by atoms with van der Waals surface area (Å²) in [5, 5.41) is 3.16. The molecule has 3 nitrogen and oxygen atoms in total. The number of hydrogen-bond acceptors (Lipinski definition) is 2. The summed E-state index contributed by atoms with van der Waals surface area (Å²) in [6.07, 6.45) is 5.96. The topological polar surface area (TPSA) is 38.3 Å². The van der Waals surface area contributed by atoms with Crippen LogP contribution >= 0.6 is 15.9 Å². The van der Waals surface area contributed by atoms with Crippen LogP contribution < -0.4 is 10.1 Å². The Morgan fingerprint density at radius 1 is 1.29 bits per heavy atom. The van der Waals surface area contributed by atoms with Crippen LogP contribution in [0.3, 0.4) is 0 Å². The zero-order valence-corrected chi connectivity index (χ0v) is 14.4. The largest absolute Gasteiger partial charge is 0.491 e.